The topological polar surface area (TPSA) is 101 Å². The van der Waals surface area contributed by atoms with Gasteiger partial charge in [-0.3, -0.25) is 9.59 Å². The monoisotopic (exact) mass is 566 g/mol. The lowest BCUT2D eigenvalue weighted by molar-refractivity contribution is -0.125. The van der Waals surface area contributed by atoms with Crippen molar-refractivity contribution in [2.45, 2.75) is 59.2 Å². The van der Waals surface area contributed by atoms with E-state index in [-0.39, 0.29) is 47.6 Å². The van der Waals surface area contributed by atoms with Crippen LogP contribution in [0.2, 0.25) is 5.02 Å². The molecule has 2 atom stereocenters. The molecule has 1 aromatic rings. The summed E-state index contributed by atoms with van der Waals surface area (Å²) in [5, 5.41) is 2.67. The molecule has 1 aliphatic rings. The van der Waals surface area contributed by atoms with E-state index >= 15 is 4.39 Å². The number of piperazine rings is 1. The van der Waals surface area contributed by atoms with E-state index in [2.05, 4.69) is 16.9 Å². The number of aliphatic imine (C=N–C) groups is 1. The van der Waals surface area contributed by atoms with Crippen molar-refractivity contribution in [1.82, 2.24) is 15.1 Å². The molecular formula is C28H40ClFN4O5. The van der Waals surface area contributed by atoms with E-state index in [9.17, 15) is 14.4 Å². The Bertz CT molecular complexity index is 1100. The summed E-state index contributed by atoms with van der Waals surface area (Å²) >= 11 is 6.40. The molecule has 9 nitrogen and oxygen atoms in total. The SMILES string of the molecule is C=C/C(=C\C(=NCC(=O)NC)OC)c1cc(Cl)cc(C2[C@@H](C)N(C(=O)OC(C)(C)C)CCN2C=O)c1F.CC. The van der Waals surface area contributed by atoms with Gasteiger partial charge in [-0.05, 0) is 45.4 Å². The molecule has 3 amide bonds. The Morgan fingerprint density at radius 3 is 2.44 bits per heavy atom. The fourth-order valence-electron chi connectivity index (χ4n) is 3.96. The highest BCUT2D eigenvalue weighted by Crippen LogP contribution is 2.37. The van der Waals surface area contributed by atoms with Crippen molar-refractivity contribution in [2.75, 3.05) is 33.8 Å². The number of amides is 3. The second-order valence-corrected chi connectivity index (χ2v) is 9.83. The molecular weight excluding hydrogens is 527 g/mol. The summed E-state index contributed by atoms with van der Waals surface area (Å²) in [6, 6.07) is 1.42. The van der Waals surface area contributed by atoms with Crippen LogP contribution >= 0.6 is 11.6 Å². The number of ether oxygens (including phenoxy) is 2. The summed E-state index contributed by atoms with van der Waals surface area (Å²) in [7, 11) is 2.85. The van der Waals surface area contributed by atoms with Crippen LogP contribution in [0.15, 0.2) is 35.9 Å². The van der Waals surface area contributed by atoms with Crippen molar-refractivity contribution in [2.24, 2.45) is 4.99 Å². The zero-order valence-electron chi connectivity index (χ0n) is 24.0. The molecule has 1 unspecified atom stereocenters. The van der Waals surface area contributed by atoms with Crippen LogP contribution in [0.3, 0.4) is 0 Å². The minimum absolute atomic E-state index is 0.0797. The van der Waals surface area contributed by atoms with Crippen molar-refractivity contribution in [1.29, 1.82) is 0 Å². The van der Waals surface area contributed by atoms with Gasteiger partial charge in [-0.25, -0.2) is 14.2 Å². The number of nitrogens with zero attached hydrogens (tertiary/aromatic N) is 3. The first-order chi connectivity index (χ1) is 18.4. The van der Waals surface area contributed by atoms with Gasteiger partial charge in [-0.15, -0.1) is 0 Å². The molecule has 216 valence electrons. The highest BCUT2D eigenvalue weighted by atomic mass is 35.5. The third kappa shape index (κ3) is 9.09. The smallest absolute Gasteiger partial charge is 0.410 e. The number of likely N-dealkylation sites (N-methyl/N-ethyl adjacent to an activating group) is 1. The van der Waals surface area contributed by atoms with Gasteiger partial charge in [-0.1, -0.05) is 38.1 Å². The third-order valence-corrected chi connectivity index (χ3v) is 5.95. The van der Waals surface area contributed by atoms with Crippen molar-refractivity contribution in [3.8, 4) is 0 Å². The molecule has 1 fully saturated rings. The minimum atomic E-state index is -0.828. The Hall–Kier alpha value is -3.40. The average molecular weight is 567 g/mol. The van der Waals surface area contributed by atoms with Crippen molar-refractivity contribution in [3.05, 3.63) is 52.8 Å². The van der Waals surface area contributed by atoms with E-state index in [0.29, 0.717) is 12.0 Å². The lowest BCUT2D eigenvalue weighted by Gasteiger charge is -2.45. The number of nitrogens with one attached hydrogen (secondary N) is 1. The normalized spacial score (nSPS) is 18.0. The van der Waals surface area contributed by atoms with E-state index in [1.54, 1.807) is 27.7 Å². The van der Waals surface area contributed by atoms with E-state index in [1.165, 1.54) is 48.2 Å². The maximum Gasteiger partial charge on any atom is 0.410 e. The number of methoxy groups -OCH3 is 1. The molecule has 1 heterocycles. The summed E-state index contributed by atoms with van der Waals surface area (Å²) in [6.07, 6.45) is 2.92. The van der Waals surface area contributed by atoms with Crippen LogP contribution in [-0.4, -0.2) is 79.5 Å². The Labute approximate surface area is 235 Å². The molecule has 0 aromatic heterocycles. The van der Waals surface area contributed by atoms with Gasteiger partial charge in [-0.2, -0.15) is 0 Å². The second kappa shape index (κ2) is 15.3. The summed E-state index contributed by atoms with van der Waals surface area (Å²) in [5.74, 6) is -0.891. The molecule has 0 spiro atoms. The predicted octanol–water partition coefficient (Wildman–Crippen LogP) is 5.00. The number of rotatable bonds is 7. The molecule has 0 bridgehead atoms. The van der Waals surface area contributed by atoms with Gasteiger partial charge in [0.15, 0.2) is 0 Å². The largest absolute Gasteiger partial charge is 0.481 e. The average Bonchev–Trinajstić information content (AvgIpc) is 2.89. The van der Waals surface area contributed by atoms with Crippen LogP contribution in [0, 0.1) is 5.82 Å². The first-order valence-electron chi connectivity index (χ1n) is 12.7. The van der Waals surface area contributed by atoms with Gasteiger partial charge in [0, 0.05) is 42.4 Å². The zero-order valence-corrected chi connectivity index (χ0v) is 24.8. The van der Waals surface area contributed by atoms with Crippen molar-refractivity contribution >= 4 is 41.5 Å². The highest BCUT2D eigenvalue weighted by molar-refractivity contribution is 6.30. The number of hydrogen-bond donors (Lipinski definition) is 1. The minimum Gasteiger partial charge on any atom is -0.481 e. The van der Waals surface area contributed by atoms with Gasteiger partial charge >= 0.3 is 6.09 Å². The predicted molar refractivity (Wildman–Crippen MR) is 152 cm³/mol. The van der Waals surface area contributed by atoms with Crippen LogP contribution in [0.25, 0.3) is 5.57 Å². The maximum absolute atomic E-state index is 16.1. The number of allylic oxidation sites excluding steroid dienone is 2. The number of benzene rings is 1. The Kier molecular flexibility index (Phi) is 13.2. The molecule has 11 heteroatoms. The molecule has 0 radical (unpaired) electrons. The molecule has 1 aliphatic heterocycles. The molecule has 1 aromatic carbocycles. The summed E-state index contributed by atoms with van der Waals surface area (Å²) in [5.41, 5.74) is -0.201. The van der Waals surface area contributed by atoms with Gasteiger partial charge < -0.3 is 24.6 Å². The second-order valence-electron chi connectivity index (χ2n) is 9.39. The van der Waals surface area contributed by atoms with Gasteiger partial charge in [0.05, 0.1) is 19.2 Å². The fraction of sp³-hybridized carbons (Fsp3) is 0.500. The molecule has 0 aliphatic carbocycles. The standard InChI is InChI=1S/C26H34ClFN4O5.C2H6/c1-8-17(11-22(36-7)30-14-21(34)29-6)19-12-18(27)13-20(23(19)28)24-16(2)32(10-9-31(24)15-33)25(35)37-26(3,4)5;1-2/h8,11-13,15-16,24H,1,9-10,14H2,2-7H3,(H,29,34);1-2H3/b17-11+,30-22?;/t16-,24?;/m1./s1. The summed E-state index contributed by atoms with van der Waals surface area (Å²) in [4.78, 5) is 43.3. The van der Waals surface area contributed by atoms with E-state index in [1.807, 2.05) is 13.8 Å². The molecule has 1 N–H and O–H groups in total. The zero-order chi connectivity index (χ0) is 29.9. The van der Waals surface area contributed by atoms with Crippen LogP contribution < -0.4 is 5.32 Å². The van der Waals surface area contributed by atoms with Gasteiger partial charge in [0.1, 0.15) is 18.0 Å². The van der Waals surface area contributed by atoms with Gasteiger partial charge in [0.2, 0.25) is 18.2 Å². The lowest BCUT2D eigenvalue weighted by atomic mass is 9.91. The van der Waals surface area contributed by atoms with E-state index in [0.717, 1.165) is 0 Å². The van der Waals surface area contributed by atoms with Crippen LogP contribution in [0.4, 0.5) is 9.18 Å². The number of carbonyl (C=O) groups excluding carboxylic acids is 3. The Balaban J connectivity index is 0.00000371. The van der Waals surface area contributed by atoms with Crippen LogP contribution in [0.5, 0.6) is 0 Å². The van der Waals surface area contributed by atoms with Gasteiger partial charge in [0.25, 0.3) is 0 Å². The Morgan fingerprint density at radius 2 is 1.92 bits per heavy atom. The third-order valence-electron chi connectivity index (χ3n) is 5.73. The van der Waals surface area contributed by atoms with Crippen molar-refractivity contribution < 1.29 is 28.2 Å². The first kappa shape index (κ1) is 33.6. The summed E-state index contributed by atoms with van der Waals surface area (Å²) in [6.45, 7) is 15.0. The lowest BCUT2D eigenvalue weighted by Crippen LogP contribution is -2.56. The first-order valence-corrected chi connectivity index (χ1v) is 13.1. The van der Waals surface area contributed by atoms with Crippen LogP contribution in [0.1, 0.15) is 58.7 Å². The van der Waals surface area contributed by atoms with Crippen molar-refractivity contribution in [3.63, 3.8) is 0 Å². The van der Waals surface area contributed by atoms with Crippen LogP contribution in [-0.2, 0) is 19.1 Å². The van der Waals surface area contributed by atoms with E-state index in [4.69, 9.17) is 21.1 Å². The number of halogens is 2. The fourth-order valence-corrected chi connectivity index (χ4v) is 4.19. The molecule has 39 heavy (non-hydrogen) atoms. The quantitative estimate of drug-likeness (QED) is 0.216. The molecule has 0 saturated carbocycles. The molecule has 2 rings (SSSR count). The number of carbonyl (C=O) groups is 3. The number of hydrogen-bond acceptors (Lipinski definition) is 6. The van der Waals surface area contributed by atoms with E-state index < -0.39 is 29.6 Å². The Morgan fingerprint density at radius 1 is 1.28 bits per heavy atom. The summed E-state index contributed by atoms with van der Waals surface area (Å²) < 4.78 is 26.9. The molecule has 1 saturated heterocycles. The highest BCUT2D eigenvalue weighted by Gasteiger charge is 2.40. The maximum atomic E-state index is 16.1.